The van der Waals surface area contributed by atoms with Gasteiger partial charge in [-0.15, -0.1) is 24.0 Å². The van der Waals surface area contributed by atoms with Crippen molar-refractivity contribution in [2.24, 2.45) is 0 Å². The van der Waals surface area contributed by atoms with Crippen LogP contribution >= 0.6 is 24.0 Å². The van der Waals surface area contributed by atoms with Crippen LogP contribution in [0.1, 0.15) is 18.4 Å². The molecule has 0 bridgehead atoms. The van der Waals surface area contributed by atoms with Crippen molar-refractivity contribution in [3.63, 3.8) is 0 Å². The van der Waals surface area contributed by atoms with Gasteiger partial charge in [-0.1, -0.05) is 18.2 Å². The zero-order chi connectivity index (χ0) is 15.1. The Kier molecular flexibility index (Phi) is 5.32. The van der Waals surface area contributed by atoms with Crippen molar-refractivity contribution in [3.05, 3.63) is 29.8 Å². The molecule has 0 radical (unpaired) electrons. The van der Waals surface area contributed by atoms with Gasteiger partial charge in [0.25, 0.3) is 0 Å². The molecule has 2 aliphatic rings. The number of benzene rings is 1. The van der Waals surface area contributed by atoms with Gasteiger partial charge in [0.2, 0.25) is 10.0 Å². The Labute approximate surface area is 143 Å². The topological polar surface area (TPSA) is 40.6 Å². The third kappa shape index (κ3) is 3.09. The van der Waals surface area contributed by atoms with E-state index in [4.69, 9.17) is 11.6 Å². The fourth-order valence-corrected chi connectivity index (χ4v) is 4.76. The van der Waals surface area contributed by atoms with Crippen LogP contribution in [0.4, 0.5) is 5.69 Å². The van der Waals surface area contributed by atoms with Gasteiger partial charge >= 0.3 is 0 Å². The molecule has 1 saturated heterocycles. The number of halogens is 2. The summed E-state index contributed by atoms with van der Waals surface area (Å²) < 4.78 is 25.0. The SMILES string of the molecule is CS(=O)(=O)N1CCC2(CC1)CN(CCCl)c1ccccc12.Cl. The third-order valence-corrected chi connectivity index (χ3v) is 6.28. The van der Waals surface area contributed by atoms with E-state index < -0.39 is 10.0 Å². The predicted molar refractivity (Wildman–Crippen MR) is 94.0 cm³/mol. The summed E-state index contributed by atoms with van der Waals surface area (Å²) in [6.45, 7) is 3.02. The van der Waals surface area contributed by atoms with Crippen LogP contribution in [0.2, 0.25) is 0 Å². The molecule has 0 unspecified atom stereocenters. The molecule has 1 fully saturated rings. The third-order valence-electron chi connectivity index (χ3n) is 4.81. The van der Waals surface area contributed by atoms with E-state index in [0.29, 0.717) is 19.0 Å². The van der Waals surface area contributed by atoms with E-state index in [2.05, 4.69) is 29.2 Å². The lowest BCUT2D eigenvalue weighted by Gasteiger charge is -2.39. The summed E-state index contributed by atoms with van der Waals surface area (Å²) in [6.07, 6.45) is 3.07. The highest BCUT2D eigenvalue weighted by Gasteiger charge is 2.45. The minimum Gasteiger partial charge on any atom is -0.369 e. The first-order valence-electron chi connectivity index (χ1n) is 7.32. The highest BCUT2D eigenvalue weighted by molar-refractivity contribution is 7.88. The van der Waals surface area contributed by atoms with Crippen molar-refractivity contribution in [2.75, 3.05) is 43.2 Å². The van der Waals surface area contributed by atoms with Crippen molar-refractivity contribution in [1.29, 1.82) is 0 Å². The number of rotatable bonds is 3. The lowest BCUT2D eigenvalue weighted by Crippen LogP contribution is -2.47. The Morgan fingerprint density at radius 3 is 2.45 bits per heavy atom. The molecule has 0 saturated carbocycles. The van der Waals surface area contributed by atoms with Crippen LogP contribution in [0.15, 0.2) is 24.3 Å². The van der Waals surface area contributed by atoms with Crippen LogP contribution in [0, 0.1) is 0 Å². The molecule has 0 amide bonds. The van der Waals surface area contributed by atoms with Gasteiger partial charge in [0.15, 0.2) is 0 Å². The number of anilines is 1. The van der Waals surface area contributed by atoms with E-state index in [9.17, 15) is 8.42 Å². The van der Waals surface area contributed by atoms with E-state index in [1.807, 2.05) is 0 Å². The number of alkyl halides is 1. The number of nitrogens with zero attached hydrogens (tertiary/aromatic N) is 2. The van der Waals surface area contributed by atoms with Gasteiger partial charge in [0.1, 0.15) is 0 Å². The number of fused-ring (bicyclic) bond motifs is 2. The van der Waals surface area contributed by atoms with Crippen LogP contribution in [-0.4, -0.2) is 51.0 Å². The molecule has 0 atom stereocenters. The average molecular weight is 365 g/mol. The first-order chi connectivity index (χ1) is 9.96. The van der Waals surface area contributed by atoms with Gasteiger partial charge in [-0.2, -0.15) is 0 Å². The van der Waals surface area contributed by atoms with Crippen molar-refractivity contribution in [2.45, 2.75) is 18.3 Å². The van der Waals surface area contributed by atoms with Crippen molar-refractivity contribution in [3.8, 4) is 0 Å². The predicted octanol–water partition coefficient (Wildman–Crippen LogP) is 2.46. The lowest BCUT2D eigenvalue weighted by molar-refractivity contribution is 0.245. The fourth-order valence-electron chi connectivity index (χ4n) is 3.71. The summed E-state index contributed by atoms with van der Waals surface area (Å²) in [5.41, 5.74) is 2.72. The maximum absolute atomic E-state index is 11.7. The highest BCUT2D eigenvalue weighted by atomic mass is 35.5. The van der Waals surface area contributed by atoms with Crippen LogP contribution in [-0.2, 0) is 15.4 Å². The Bertz CT molecular complexity index is 628. The number of hydrogen-bond donors (Lipinski definition) is 0. The number of sulfonamides is 1. The van der Waals surface area contributed by atoms with Crippen LogP contribution in [0.25, 0.3) is 0 Å². The van der Waals surface area contributed by atoms with Gasteiger partial charge in [-0.3, -0.25) is 0 Å². The molecule has 7 heteroatoms. The first-order valence-corrected chi connectivity index (χ1v) is 9.70. The minimum absolute atomic E-state index is 0. The molecule has 1 aromatic carbocycles. The number of para-hydroxylation sites is 1. The molecule has 1 spiro atoms. The van der Waals surface area contributed by atoms with E-state index >= 15 is 0 Å². The monoisotopic (exact) mass is 364 g/mol. The van der Waals surface area contributed by atoms with Gasteiger partial charge in [0.05, 0.1) is 6.26 Å². The minimum atomic E-state index is -3.07. The quantitative estimate of drug-likeness (QED) is 0.773. The van der Waals surface area contributed by atoms with E-state index in [0.717, 1.165) is 25.9 Å². The van der Waals surface area contributed by atoms with Gasteiger partial charge in [0, 0.05) is 43.2 Å². The standard InChI is InChI=1S/C15H21ClN2O2S.ClH/c1-21(19,20)18-9-6-15(7-10-18)12-17(11-8-16)14-5-3-2-4-13(14)15;/h2-5H,6-12H2,1H3;1H. The van der Waals surface area contributed by atoms with Crippen molar-refractivity contribution >= 4 is 39.7 Å². The van der Waals surface area contributed by atoms with E-state index in [1.54, 1.807) is 4.31 Å². The lowest BCUT2D eigenvalue weighted by atomic mass is 9.75. The van der Waals surface area contributed by atoms with Gasteiger partial charge in [-0.25, -0.2) is 12.7 Å². The largest absolute Gasteiger partial charge is 0.369 e. The summed E-state index contributed by atoms with van der Waals surface area (Å²) in [6, 6.07) is 8.48. The maximum Gasteiger partial charge on any atom is 0.211 e. The molecule has 2 aliphatic heterocycles. The van der Waals surface area contributed by atoms with Crippen LogP contribution in [0.5, 0.6) is 0 Å². The summed E-state index contributed by atoms with van der Waals surface area (Å²) >= 11 is 5.93. The van der Waals surface area contributed by atoms with E-state index in [-0.39, 0.29) is 17.8 Å². The number of piperidine rings is 1. The molecule has 2 heterocycles. The molecule has 22 heavy (non-hydrogen) atoms. The Balaban J connectivity index is 0.00000176. The fraction of sp³-hybridized carbons (Fsp3) is 0.600. The summed E-state index contributed by atoms with van der Waals surface area (Å²) in [4.78, 5) is 2.35. The van der Waals surface area contributed by atoms with Crippen molar-refractivity contribution < 1.29 is 8.42 Å². The molecule has 0 aliphatic carbocycles. The zero-order valence-corrected chi connectivity index (χ0v) is 15.1. The Morgan fingerprint density at radius 1 is 1.23 bits per heavy atom. The molecular formula is C15H22Cl2N2O2S. The highest BCUT2D eigenvalue weighted by Crippen LogP contribution is 2.46. The normalized spacial score (nSPS) is 20.7. The second-order valence-corrected chi connectivity index (χ2v) is 8.43. The second-order valence-electron chi connectivity index (χ2n) is 6.07. The summed E-state index contributed by atoms with van der Waals surface area (Å²) in [5.74, 6) is 0.611. The molecule has 0 aromatic heterocycles. The Hall–Kier alpha value is -0.490. The maximum atomic E-state index is 11.7. The van der Waals surface area contributed by atoms with Crippen LogP contribution < -0.4 is 4.90 Å². The molecule has 0 N–H and O–H groups in total. The van der Waals surface area contributed by atoms with Crippen LogP contribution in [0.3, 0.4) is 0 Å². The molecule has 1 aromatic rings. The number of hydrogen-bond acceptors (Lipinski definition) is 3. The average Bonchev–Trinajstić information content (AvgIpc) is 2.74. The zero-order valence-electron chi connectivity index (χ0n) is 12.7. The molecule has 3 rings (SSSR count). The van der Waals surface area contributed by atoms with Gasteiger partial charge in [-0.05, 0) is 24.5 Å². The summed E-state index contributed by atoms with van der Waals surface area (Å²) in [7, 11) is -3.07. The second kappa shape index (κ2) is 6.56. The van der Waals surface area contributed by atoms with Crippen molar-refractivity contribution in [1.82, 2.24) is 4.31 Å². The Morgan fingerprint density at radius 2 is 1.86 bits per heavy atom. The smallest absolute Gasteiger partial charge is 0.211 e. The molecule has 4 nitrogen and oxygen atoms in total. The first kappa shape index (κ1) is 17.9. The van der Waals surface area contributed by atoms with E-state index in [1.165, 1.54) is 17.5 Å². The molecule has 124 valence electrons. The molecular weight excluding hydrogens is 343 g/mol. The van der Waals surface area contributed by atoms with Gasteiger partial charge < -0.3 is 4.90 Å². The summed E-state index contributed by atoms with van der Waals surface area (Å²) in [5, 5.41) is 0.